The predicted octanol–water partition coefficient (Wildman–Crippen LogP) is 1.45. The third-order valence-electron chi connectivity index (χ3n) is 2.75. The molecule has 0 saturated heterocycles. The molecule has 0 bridgehead atoms. The minimum atomic E-state index is -0.0824. The highest BCUT2D eigenvalue weighted by Gasteiger charge is 2.03. The summed E-state index contributed by atoms with van der Waals surface area (Å²) in [6.45, 7) is 0.0120. The maximum Gasteiger partial charge on any atom is 0.211 e. The summed E-state index contributed by atoms with van der Waals surface area (Å²) in [6.07, 6.45) is 1.60. The fourth-order valence-electron chi connectivity index (χ4n) is 1.87. The van der Waals surface area contributed by atoms with Crippen LogP contribution >= 0.6 is 0 Å². The Morgan fingerprint density at radius 2 is 1.90 bits per heavy atom. The summed E-state index contributed by atoms with van der Waals surface area (Å²) in [4.78, 5) is 0. The lowest BCUT2D eigenvalue weighted by molar-refractivity contribution is 0.282. The van der Waals surface area contributed by atoms with Gasteiger partial charge < -0.3 is 16.6 Å². The van der Waals surface area contributed by atoms with Crippen LogP contribution < -0.4 is 11.5 Å². The van der Waals surface area contributed by atoms with Crippen LogP contribution in [0.15, 0.2) is 58.7 Å². The molecule has 0 unspecified atom stereocenters. The lowest BCUT2D eigenvalue weighted by atomic mass is 9.99. The van der Waals surface area contributed by atoms with Crippen molar-refractivity contribution in [3.63, 3.8) is 0 Å². The maximum absolute atomic E-state index is 9.21. The molecule has 2 aromatic rings. The number of benzene rings is 2. The Labute approximate surface area is 117 Å². The highest BCUT2D eigenvalue weighted by Crippen LogP contribution is 2.23. The van der Waals surface area contributed by atoms with Gasteiger partial charge in [0.15, 0.2) is 0 Å². The Balaban J connectivity index is 2.41. The Kier molecular flexibility index (Phi) is 4.47. The molecule has 0 saturated carbocycles. The zero-order chi connectivity index (χ0) is 14.4. The van der Waals surface area contributed by atoms with Gasteiger partial charge in [-0.3, -0.25) is 0 Å². The number of aliphatic hydroxyl groups is 1. The molecule has 20 heavy (non-hydrogen) atoms. The van der Waals surface area contributed by atoms with Crippen molar-refractivity contribution in [2.45, 2.75) is 6.61 Å². The highest BCUT2D eigenvalue weighted by atomic mass is 16.3. The Hall–Kier alpha value is -2.66. The Bertz CT molecular complexity index is 646. The van der Waals surface area contributed by atoms with Crippen molar-refractivity contribution in [3.05, 3.63) is 59.7 Å². The van der Waals surface area contributed by atoms with E-state index >= 15 is 0 Å². The monoisotopic (exact) mass is 268 g/mol. The topological polar surface area (TPSA) is 97.0 Å². The van der Waals surface area contributed by atoms with Crippen LogP contribution in [0.3, 0.4) is 0 Å². The molecule has 0 fully saturated rings. The molecule has 0 amide bonds. The number of hydrogen-bond donors (Lipinski definition) is 3. The number of nitrogens with zero attached hydrogens (tertiary/aromatic N) is 2. The van der Waals surface area contributed by atoms with E-state index in [4.69, 9.17) is 11.5 Å². The van der Waals surface area contributed by atoms with E-state index in [2.05, 4.69) is 10.2 Å². The number of rotatable bonds is 4. The minimum Gasteiger partial charge on any atom is -0.392 e. The van der Waals surface area contributed by atoms with E-state index in [-0.39, 0.29) is 12.6 Å². The van der Waals surface area contributed by atoms with Gasteiger partial charge in [0.1, 0.15) is 0 Å². The highest BCUT2D eigenvalue weighted by molar-refractivity contribution is 5.90. The molecule has 2 aromatic carbocycles. The second kappa shape index (κ2) is 6.49. The fourth-order valence-corrected chi connectivity index (χ4v) is 1.87. The van der Waals surface area contributed by atoms with Gasteiger partial charge >= 0.3 is 0 Å². The van der Waals surface area contributed by atoms with Crippen LogP contribution in [0.1, 0.15) is 11.1 Å². The summed E-state index contributed by atoms with van der Waals surface area (Å²) in [5.41, 5.74) is 14.2. The van der Waals surface area contributed by atoms with Gasteiger partial charge in [0.05, 0.1) is 12.8 Å². The summed E-state index contributed by atoms with van der Waals surface area (Å²) in [5, 5.41) is 16.6. The third-order valence-corrected chi connectivity index (χ3v) is 2.75. The van der Waals surface area contributed by atoms with Crippen LogP contribution in [0, 0.1) is 0 Å². The van der Waals surface area contributed by atoms with E-state index in [1.54, 1.807) is 6.21 Å². The molecule has 5 heteroatoms. The zero-order valence-corrected chi connectivity index (χ0v) is 10.9. The molecular weight excluding hydrogens is 252 g/mol. The summed E-state index contributed by atoms with van der Waals surface area (Å²) in [6, 6.07) is 15.5. The van der Waals surface area contributed by atoms with Gasteiger partial charge in [0.25, 0.3) is 0 Å². The van der Waals surface area contributed by atoms with Crippen LogP contribution in [0.4, 0.5) is 0 Å². The van der Waals surface area contributed by atoms with Gasteiger partial charge in [-0.25, -0.2) is 0 Å². The SMILES string of the molecule is NC(N)=NN=Cc1ccccc1-c1cccc(CO)c1. The smallest absolute Gasteiger partial charge is 0.211 e. The second-order valence-electron chi connectivity index (χ2n) is 4.22. The normalized spacial score (nSPS) is 10.7. The summed E-state index contributed by atoms with van der Waals surface area (Å²) < 4.78 is 0. The zero-order valence-electron chi connectivity index (χ0n) is 10.9. The molecule has 0 aromatic heterocycles. The number of aliphatic hydroxyl groups excluding tert-OH is 1. The molecule has 5 N–H and O–H groups in total. The van der Waals surface area contributed by atoms with Gasteiger partial charge in [-0.05, 0) is 22.8 Å². The summed E-state index contributed by atoms with van der Waals surface area (Å²) in [5.74, 6) is -0.0824. The van der Waals surface area contributed by atoms with Gasteiger partial charge in [-0.15, -0.1) is 5.10 Å². The minimum absolute atomic E-state index is 0.0120. The van der Waals surface area contributed by atoms with Gasteiger partial charge in [0, 0.05) is 5.56 Å². The largest absolute Gasteiger partial charge is 0.392 e. The number of nitrogens with two attached hydrogens (primary N) is 2. The first-order chi connectivity index (χ1) is 9.70. The van der Waals surface area contributed by atoms with Crippen molar-refractivity contribution >= 4 is 12.2 Å². The van der Waals surface area contributed by atoms with Crippen molar-refractivity contribution in [1.82, 2.24) is 0 Å². The van der Waals surface area contributed by atoms with Crippen LogP contribution in [0.5, 0.6) is 0 Å². The lowest BCUT2D eigenvalue weighted by Gasteiger charge is -2.07. The Morgan fingerprint density at radius 3 is 2.65 bits per heavy atom. The molecular formula is C15H16N4O. The van der Waals surface area contributed by atoms with Crippen molar-refractivity contribution in [2.75, 3.05) is 0 Å². The molecule has 0 spiro atoms. The Morgan fingerprint density at radius 1 is 1.10 bits per heavy atom. The predicted molar refractivity (Wildman–Crippen MR) is 81.2 cm³/mol. The van der Waals surface area contributed by atoms with Crippen molar-refractivity contribution in [3.8, 4) is 11.1 Å². The van der Waals surface area contributed by atoms with Gasteiger partial charge in [0.2, 0.25) is 5.96 Å². The van der Waals surface area contributed by atoms with E-state index in [0.717, 1.165) is 22.3 Å². The van der Waals surface area contributed by atoms with Crippen LogP contribution in [-0.4, -0.2) is 17.3 Å². The van der Waals surface area contributed by atoms with Crippen molar-refractivity contribution in [2.24, 2.45) is 21.7 Å². The molecule has 0 aliphatic rings. The maximum atomic E-state index is 9.21. The fraction of sp³-hybridized carbons (Fsp3) is 0.0667. The van der Waals surface area contributed by atoms with Gasteiger partial charge in [-0.2, -0.15) is 5.10 Å². The molecule has 0 atom stereocenters. The van der Waals surface area contributed by atoms with Crippen LogP contribution in [-0.2, 0) is 6.61 Å². The first-order valence-corrected chi connectivity index (χ1v) is 6.12. The summed E-state index contributed by atoms with van der Waals surface area (Å²) in [7, 11) is 0. The molecule has 0 heterocycles. The lowest BCUT2D eigenvalue weighted by Crippen LogP contribution is -2.21. The van der Waals surface area contributed by atoms with E-state index in [1.807, 2.05) is 48.5 Å². The molecule has 5 nitrogen and oxygen atoms in total. The molecule has 102 valence electrons. The third kappa shape index (κ3) is 3.43. The van der Waals surface area contributed by atoms with E-state index < -0.39 is 0 Å². The van der Waals surface area contributed by atoms with Crippen molar-refractivity contribution < 1.29 is 5.11 Å². The van der Waals surface area contributed by atoms with Crippen LogP contribution in [0.2, 0.25) is 0 Å². The summed E-state index contributed by atoms with van der Waals surface area (Å²) >= 11 is 0. The van der Waals surface area contributed by atoms with E-state index in [1.165, 1.54) is 0 Å². The van der Waals surface area contributed by atoms with E-state index in [0.29, 0.717) is 0 Å². The average molecular weight is 268 g/mol. The van der Waals surface area contributed by atoms with Crippen molar-refractivity contribution in [1.29, 1.82) is 0 Å². The molecule has 2 rings (SSSR count). The number of guanidine groups is 1. The van der Waals surface area contributed by atoms with E-state index in [9.17, 15) is 5.11 Å². The first-order valence-electron chi connectivity index (χ1n) is 6.12. The number of hydrogen-bond acceptors (Lipinski definition) is 3. The standard InChI is InChI=1S/C15H16N4O/c16-15(17)19-18-9-13-5-1-2-7-14(13)12-6-3-4-11(8-12)10-20/h1-9,20H,10H2,(H4,16,17,19). The molecule has 0 aliphatic heterocycles. The average Bonchev–Trinajstić information content (AvgIpc) is 2.47. The second-order valence-corrected chi connectivity index (χ2v) is 4.22. The van der Waals surface area contributed by atoms with Crippen LogP contribution in [0.25, 0.3) is 11.1 Å². The van der Waals surface area contributed by atoms with Gasteiger partial charge in [-0.1, -0.05) is 42.5 Å². The quantitative estimate of drug-likeness (QED) is 0.445. The first kappa shape index (κ1) is 13.8. The molecule has 0 radical (unpaired) electrons. The molecule has 0 aliphatic carbocycles.